The molecule has 2 rings (SSSR count). The average molecular weight is 287 g/mol. The Morgan fingerprint density at radius 3 is 2.67 bits per heavy atom. The van der Waals surface area contributed by atoms with E-state index in [0.29, 0.717) is 11.3 Å². The van der Waals surface area contributed by atoms with E-state index in [2.05, 4.69) is 5.32 Å². The van der Waals surface area contributed by atoms with Crippen molar-refractivity contribution in [3.05, 3.63) is 65.0 Å². The molecule has 0 atom stereocenters. The van der Waals surface area contributed by atoms with Gasteiger partial charge < -0.3 is 10.4 Å². The molecule has 0 aromatic heterocycles. The van der Waals surface area contributed by atoms with Gasteiger partial charge in [-0.2, -0.15) is 0 Å². The second-order valence-corrected chi connectivity index (χ2v) is 4.71. The highest BCUT2D eigenvalue weighted by Gasteiger charge is 2.12. The summed E-state index contributed by atoms with van der Waals surface area (Å²) in [5.74, 6) is -2.12. The molecule has 0 aliphatic heterocycles. The molecule has 0 aliphatic carbocycles. The highest BCUT2D eigenvalue weighted by molar-refractivity contribution is 6.04. The fourth-order valence-corrected chi connectivity index (χ4v) is 1.95. The fraction of sp³-hybridized carbons (Fsp3) is 0.125. The smallest absolute Gasteiger partial charge is 0.307 e. The van der Waals surface area contributed by atoms with E-state index < -0.39 is 17.7 Å². The predicted octanol–water partition coefficient (Wildman–Crippen LogP) is 3.01. The zero-order chi connectivity index (χ0) is 15.4. The van der Waals surface area contributed by atoms with Crippen LogP contribution in [-0.4, -0.2) is 17.0 Å². The van der Waals surface area contributed by atoms with Gasteiger partial charge in [0.05, 0.1) is 12.0 Å². The summed E-state index contributed by atoms with van der Waals surface area (Å²) in [6, 6.07) is 10.8. The molecule has 2 aromatic carbocycles. The second-order valence-electron chi connectivity index (χ2n) is 4.71. The van der Waals surface area contributed by atoms with Crippen LogP contribution in [0.15, 0.2) is 42.5 Å². The molecule has 1 amide bonds. The SMILES string of the molecule is Cc1ccc(F)c(C(=O)Nc2cccc(CC(=O)O)c2)c1. The first-order valence-corrected chi connectivity index (χ1v) is 6.34. The Morgan fingerprint density at radius 2 is 1.95 bits per heavy atom. The van der Waals surface area contributed by atoms with Crippen molar-refractivity contribution in [1.29, 1.82) is 0 Å². The largest absolute Gasteiger partial charge is 0.481 e. The molecule has 0 fully saturated rings. The van der Waals surface area contributed by atoms with E-state index in [1.54, 1.807) is 37.3 Å². The summed E-state index contributed by atoms with van der Waals surface area (Å²) in [6.07, 6.45) is -0.136. The minimum atomic E-state index is -0.955. The van der Waals surface area contributed by atoms with Crippen LogP contribution in [-0.2, 0) is 11.2 Å². The molecule has 4 nitrogen and oxygen atoms in total. The minimum absolute atomic E-state index is 0.0429. The van der Waals surface area contributed by atoms with Gasteiger partial charge in [0.2, 0.25) is 0 Å². The Morgan fingerprint density at radius 1 is 1.19 bits per heavy atom. The Bertz CT molecular complexity index is 698. The number of rotatable bonds is 4. The van der Waals surface area contributed by atoms with Crippen LogP contribution in [0.25, 0.3) is 0 Å². The summed E-state index contributed by atoms with van der Waals surface area (Å²) in [4.78, 5) is 22.7. The number of amides is 1. The molecule has 0 unspecified atom stereocenters. The number of carbonyl (C=O) groups is 2. The Balaban J connectivity index is 2.19. The number of hydrogen-bond donors (Lipinski definition) is 2. The van der Waals surface area contributed by atoms with Crippen molar-refractivity contribution >= 4 is 17.6 Å². The van der Waals surface area contributed by atoms with Gasteiger partial charge in [-0.1, -0.05) is 23.8 Å². The summed E-state index contributed by atoms with van der Waals surface area (Å²) >= 11 is 0. The molecular weight excluding hydrogens is 273 g/mol. The van der Waals surface area contributed by atoms with Crippen molar-refractivity contribution in [2.24, 2.45) is 0 Å². The molecule has 108 valence electrons. The number of carbonyl (C=O) groups excluding carboxylic acids is 1. The van der Waals surface area contributed by atoms with Gasteiger partial charge in [0.25, 0.3) is 5.91 Å². The average Bonchev–Trinajstić information content (AvgIpc) is 2.41. The van der Waals surface area contributed by atoms with Crippen LogP contribution in [0.4, 0.5) is 10.1 Å². The van der Waals surface area contributed by atoms with E-state index in [9.17, 15) is 14.0 Å². The Labute approximate surface area is 121 Å². The van der Waals surface area contributed by atoms with E-state index in [4.69, 9.17) is 5.11 Å². The van der Waals surface area contributed by atoms with E-state index in [1.165, 1.54) is 12.1 Å². The molecule has 5 heteroatoms. The number of aryl methyl sites for hydroxylation is 1. The van der Waals surface area contributed by atoms with Crippen LogP contribution < -0.4 is 5.32 Å². The number of anilines is 1. The van der Waals surface area contributed by atoms with E-state index in [0.717, 1.165) is 5.56 Å². The molecule has 0 saturated heterocycles. The molecule has 0 saturated carbocycles. The zero-order valence-corrected chi connectivity index (χ0v) is 11.4. The monoisotopic (exact) mass is 287 g/mol. The lowest BCUT2D eigenvalue weighted by molar-refractivity contribution is -0.136. The first-order chi connectivity index (χ1) is 9.95. The predicted molar refractivity (Wildman–Crippen MR) is 76.9 cm³/mol. The Hall–Kier alpha value is -2.69. The van der Waals surface area contributed by atoms with Gasteiger partial charge in [0, 0.05) is 5.69 Å². The van der Waals surface area contributed by atoms with Crippen molar-refractivity contribution < 1.29 is 19.1 Å². The van der Waals surface area contributed by atoms with Crippen molar-refractivity contribution in [3.63, 3.8) is 0 Å². The number of hydrogen-bond acceptors (Lipinski definition) is 2. The maximum atomic E-state index is 13.6. The highest BCUT2D eigenvalue weighted by Crippen LogP contribution is 2.15. The molecular formula is C16H14FNO3. The van der Waals surface area contributed by atoms with Gasteiger partial charge >= 0.3 is 5.97 Å². The molecule has 2 N–H and O–H groups in total. The van der Waals surface area contributed by atoms with E-state index in [1.807, 2.05) is 0 Å². The quantitative estimate of drug-likeness (QED) is 0.908. The molecule has 21 heavy (non-hydrogen) atoms. The number of aliphatic carboxylic acids is 1. The van der Waals surface area contributed by atoms with Gasteiger partial charge in [-0.15, -0.1) is 0 Å². The van der Waals surface area contributed by atoms with Crippen LogP contribution in [0, 0.1) is 12.7 Å². The third kappa shape index (κ3) is 3.89. The van der Waals surface area contributed by atoms with E-state index in [-0.39, 0.29) is 12.0 Å². The fourth-order valence-electron chi connectivity index (χ4n) is 1.95. The Kier molecular flexibility index (Phi) is 4.33. The van der Waals surface area contributed by atoms with Crippen molar-refractivity contribution in [2.75, 3.05) is 5.32 Å². The van der Waals surface area contributed by atoms with Gasteiger partial charge in [-0.05, 0) is 36.8 Å². The van der Waals surface area contributed by atoms with Gasteiger partial charge in [0.1, 0.15) is 5.82 Å². The minimum Gasteiger partial charge on any atom is -0.481 e. The molecule has 2 aromatic rings. The van der Waals surface area contributed by atoms with Crippen LogP contribution in [0.2, 0.25) is 0 Å². The van der Waals surface area contributed by atoms with Gasteiger partial charge in [-0.3, -0.25) is 9.59 Å². The van der Waals surface area contributed by atoms with Crippen LogP contribution in [0.1, 0.15) is 21.5 Å². The lowest BCUT2D eigenvalue weighted by Crippen LogP contribution is -2.14. The zero-order valence-electron chi connectivity index (χ0n) is 11.4. The third-order valence-corrected chi connectivity index (χ3v) is 2.91. The lowest BCUT2D eigenvalue weighted by Gasteiger charge is -2.08. The molecule has 0 spiro atoms. The maximum Gasteiger partial charge on any atom is 0.307 e. The number of halogens is 1. The van der Waals surface area contributed by atoms with Crippen molar-refractivity contribution in [3.8, 4) is 0 Å². The summed E-state index contributed by atoms with van der Waals surface area (Å²) in [7, 11) is 0. The maximum absolute atomic E-state index is 13.6. The summed E-state index contributed by atoms with van der Waals surface area (Å²) in [5.41, 5.74) is 1.73. The van der Waals surface area contributed by atoms with E-state index >= 15 is 0 Å². The molecule has 0 bridgehead atoms. The van der Waals surface area contributed by atoms with Crippen LogP contribution in [0.5, 0.6) is 0 Å². The number of benzene rings is 2. The first kappa shape index (κ1) is 14.7. The first-order valence-electron chi connectivity index (χ1n) is 6.34. The second kappa shape index (κ2) is 6.17. The summed E-state index contributed by atoms with van der Waals surface area (Å²) in [5, 5.41) is 11.3. The normalized spacial score (nSPS) is 10.2. The summed E-state index contributed by atoms with van der Waals surface area (Å²) in [6.45, 7) is 1.77. The van der Waals surface area contributed by atoms with Gasteiger partial charge in [-0.25, -0.2) is 4.39 Å². The highest BCUT2D eigenvalue weighted by atomic mass is 19.1. The van der Waals surface area contributed by atoms with Gasteiger partial charge in [0.15, 0.2) is 0 Å². The standard InChI is InChI=1S/C16H14FNO3/c1-10-5-6-14(17)13(7-10)16(21)18-12-4-2-3-11(8-12)9-15(19)20/h2-8H,9H2,1H3,(H,18,21)(H,19,20). The molecule has 0 heterocycles. The molecule has 0 radical (unpaired) electrons. The number of carboxylic acids is 1. The number of carboxylic acid groups (broad SMARTS) is 1. The summed E-state index contributed by atoms with van der Waals surface area (Å²) < 4.78 is 13.6. The molecule has 0 aliphatic rings. The van der Waals surface area contributed by atoms with Crippen LogP contribution in [0.3, 0.4) is 0 Å². The number of nitrogens with one attached hydrogen (secondary N) is 1. The van der Waals surface area contributed by atoms with Crippen molar-refractivity contribution in [2.45, 2.75) is 13.3 Å². The van der Waals surface area contributed by atoms with Crippen LogP contribution >= 0.6 is 0 Å². The van der Waals surface area contributed by atoms with Crippen molar-refractivity contribution in [1.82, 2.24) is 0 Å². The topological polar surface area (TPSA) is 66.4 Å². The third-order valence-electron chi connectivity index (χ3n) is 2.91. The lowest BCUT2D eigenvalue weighted by atomic mass is 10.1.